The monoisotopic (exact) mass is 325 g/mol. The summed E-state index contributed by atoms with van der Waals surface area (Å²) in [6.45, 7) is 3.64. The first-order valence-electron chi connectivity index (χ1n) is 7.04. The molecule has 6 heteroatoms. The Hall–Kier alpha value is -2.60. The lowest BCUT2D eigenvalue weighted by atomic mass is 10.2. The van der Waals surface area contributed by atoms with Crippen molar-refractivity contribution in [1.29, 1.82) is 0 Å². The Bertz CT molecular complexity index is 937. The van der Waals surface area contributed by atoms with Crippen LogP contribution in [0.5, 0.6) is 0 Å². The molecule has 0 bridgehead atoms. The fourth-order valence-corrected chi connectivity index (χ4v) is 3.57. The highest BCUT2D eigenvalue weighted by Gasteiger charge is 2.23. The molecular formula is C17H15N3O2S. The van der Waals surface area contributed by atoms with Crippen molar-refractivity contribution in [3.05, 3.63) is 66.4 Å². The van der Waals surface area contributed by atoms with Gasteiger partial charge in [-0.25, -0.2) is 18.4 Å². The summed E-state index contributed by atoms with van der Waals surface area (Å²) >= 11 is 0. The van der Waals surface area contributed by atoms with E-state index in [0.29, 0.717) is 17.1 Å². The summed E-state index contributed by atoms with van der Waals surface area (Å²) in [5.74, 6) is 0.514. The Morgan fingerprint density at radius 1 is 0.913 bits per heavy atom. The van der Waals surface area contributed by atoms with Gasteiger partial charge < -0.3 is 0 Å². The standard InChI is InChI=1S/C17H15N3O2S/c1-12-3-5-15(6-4-12)23(21,22)16-11-19-13(2)20-17(16)14-7-9-18-10-8-14/h3-11H,1-2H3. The minimum Gasteiger partial charge on any atom is -0.265 e. The summed E-state index contributed by atoms with van der Waals surface area (Å²) in [4.78, 5) is 12.7. The van der Waals surface area contributed by atoms with E-state index in [9.17, 15) is 8.42 Å². The molecule has 0 unspecified atom stereocenters. The van der Waals surface area contributed by atoms with Crippen molar-refractivity contribution < 1.29 is 8.42 Å². The predicted molar refractivity (Wildman–Crippen MR) is 86.6 cm³/mol. The topological polar surface area (TPSA) is 72.8 Å². The molecule has 0 aliphatic carbocycles. The van der Waals surface area contributed by atoms with E-state index in [1.807, 2.05) is 6.92 Å². The van der Waals surface area contributed by atoms with Crippen LogP contribution in [0.3, 0.4) is 0 Å². The smallest absolute Gasteiger partial charge is 0.210 e. The van der Waals surface area contributed by atoms with Gasteiger partial charge in [0.05, 0.1) is 16.8 Å². The van der Waals surface area contributed by atoms with Gasteiger partial charge in [0.15, 0.2) is 0 Å². The molecule has 3 aromatic rings. The summed E-state index contributed by atoms with van der Waals surface area (Å²) in [5.41, 5.74) is 2.08. The number of rotatable bonds is 3. The summed E-state index contributed by atoms with van der Waals surface area (Å²) in [6, 6.07) is 10.2. The molecule has 0 aliphatic heterocycles. The maximum atomic E-state index is 13.0. The minimum atomic E-state index is -3.70. The van der Waals surface area contributed by atoms with E-state index in [0.717, 1.165) is 5.56 Å². The van der Waals surface area contributed by atoms with Crippen LogP contribution < -0.4 is 0 Å². The van der Waals surface area contributed by atoms with Crippen molar-refractivity contribution in [2.45, 2.75) is 23.6 Å². The second-order valence-electron chi connectivity index (χ2n) is 5.18. The van der Waals surface area contributed by atoms with E-state index in [2.05, 4.69) is 15.0 Å². The Labute approximate surface area is 135 Å². The van der Waals surface area contributed by atoms with E-state index in [1.165, 1.54) is 6.20 Å². The fourth-order valence-electron chi connectivity index (χ4n) is 2.22. The van der Waals surface area contributed by atoms with Crippen molar-refractivity contribution in [3.63, 3.8) is 0 Å². The highest BCUT2D eigenvalue weighted by molar-refractivity contribution is 7.91. The van der Waals surface area contributed by atoms with Crippen molar-refractivity contribution in [2.24, 2.45) is 0 Å². The third-order valence-corrected chi connectivity index (χ3v) is 5.22. The van der Waals surface area contributed by atoms with Crippen LogP contribution in [0.4, 0.5) is 0 Å². The van der Waals surface area contributed by atoms with Gasteiger partial charge in [0.1, 0.15) is 10.7 Å². The number of pyridine rings is 1. The number of nitrogens with zero attached hydrogens (tertiary/aromatic N) is 3. The van der Waals surface area contributed by atoms with Crippen LogP contribution >= 0.6 is 0 Å². The molecule has 116 valence electrons. The summed E-state index contributed by atoms with van der Waals surface area (Å²) in [7, 11) is -3.70. The van der Waals surface area contributed by atoms with Gasteiger partial charge in [-0.15, -0.1) is 0 Å². The number of benzene rings is 1. The zero-order chi connectivity index (χ0) is 16.4. The molecule has 0 radical (unpaired) electrons. The third-order valence-electron chi connectivity index (χ3n) is 3.45. The van der Waals surface area contributed by atoms with Gasteiger partial charge in [0.25, 0.3) is 0 Å². The number of hydrogen-bond donors (Lipinski definition) is 0. The van der Waals surface area contributed by atoms with Crippen molar-refractivity contribution in [1.82, 2.24) is 15.0 Å². The van der Waals surface area contributed by atoms with Crippen molar-refractivity contribution in [2.75, 3.05) is 0 Å². The molecule has 0 spiro atoms. The molecule has 0 saturated carbocycles. The van der Waals surface area contributed by atoms with Crippen LogP contribution in [-0.4, -0.2) is 23.4 Å². The zero-order valence-corrected chi connectivity index (χ0v) is 13.6. The van der Waals surface area contributed by atoms with E-state index in [4.69, 9.17) is 0 Å². The van der Waals surface area contributed by atoms with Gasteiger partial charge in [0, 0.05) is 18.0 Å². The maximum absolute atomic E-state index is 13.0. The molecule has 2 aromatic heterocycles. The molecule has 1 aromatic carbocycles. The van der Waals surface area contributed by atoms with Gasteiger partial charge in [-0.1, -0.05) is 17.7 Å². The molecule has 23 heavy (non-hydrogen) atoms. The van der Waals surface area contributed by atoms with Gasteiger partial charge in [0.2, 0.25) is 9.84 Å². The normalized spacial score (nSPS) is 11.4. The molecule has 3 rings (SSSR count). The first-order valence-corrected chi connectivity index (χ1v) is 8.52. The van der Waals surface area contributed by atoms with Gasteiger partial charge in [-0.05, 0) is 38.1 Å². The largest absolute Gasteiger partial charge is 0.265 e. The van der Waals surface area contributed by atoms with Crippen LogP contribution in [0.1, 0.15) is 11.4 Å². The lowest BCUT2D eigenvalue weighted by Gasteiger charge is -2.10. The Kier molecular flexibility index (Phi) is 3.92. The van der Waals surface area contributed by atoms with Crippen LogP contribution in [0.15, 0.2) is 64.8 Å². The van der Waals surface area contributed by atoms with Gasteiger partial charge >= 0.3 is 0 Å². The van der Waals surface area contributed by atoms with E-state index in [-0.39, 0.29) is 9.79 Å². The lowest BCUT2D eigenvalue weighted by Crippen LogP contribution is -2.07. The third kappa shape index (κ3) is 2.98. The first kappa shape index (κ1) is 15.3. The number of aromatic nitrogens is 3. The minimum absolute atomic E-state index is 0.0955. The quantitative estimate of drug-likeness (QED) is 0.740. The summed E-state index contributed by atoms with van der Waals surface area (Å²) in [5, 5.41) is 0. The average molecular weight is 325 g/mol. The van der Waals surface area contributed by atoms with E-state index in [1.54, 1.807) is 55.7 Å². The SMILES string of the molecule is Cc1ccc(S(=O)(=O)c2cnc(C)nc2-c2ccncc2)cc1. The summed E-state index contributed by atoms with van der Waals surface area (Å²) in [6.07, 6.45) is 4.58. The molecular weight excluding hydrogens is 310 g/mol. The number of aryl methyl sites for hydroxylation is 2. The molecule has 0 N–H and O–H groups in total. The second-order valence-corrected chi connectivity index (χ2v) is 7.10. The van der Waals surface area contributed by atoms with Crippen molar-refractivity contribution >= 4 is 9.84 Å². The van der Waals surface area contributed by atoms with Crippen LogP contribution in [-0.2, 0) is 9.84 Å². The molecule has 0 aliphatic rings. The molecule has 2 heterocycles. The molecule has 0 amide bonds. The number of hydrogen-bond acceptors (Lipinski definition) is 5. The van der Waals surface area contributed by atoms with E-state index < -0.39 is 9.84 Å². The Morgan fingerprint density at radius 3 is 2.22 bits per heavy atom. The molecule has 0 fully saturated rings. The van der Waals surface area contributed by atoms with Crippen molar-refractivity contribution in [3.8, 4) is 11.3 Å². The second kappa shape index (κ2) is 5.89. The lowest BCUT2D eigenvalue weighted by molar-refractivity contribution is 0.595. The fraction of sp³-hybridized carbons (Fsp3) is 0.118. The maximum Gasteiger partial charge on any atom is 0.210 e. The van der Waals surface area contributed by atoms with Crippen LogP contribution in [0.2, 0.25) is 0 Å². The van der Waals surface area contributed by atoms with E-state index >= 15 is 0 Å². The highest BCUT2D eigenvalue weighted by atomic mass is 32.2. The Balaban J connectivity index is 2.22. The van der Waals surface area contributed by atoms with Gasteiger partial charge in [-0.3, -0.25) is 4.98 Å². The Morgan fingerprint density at radius 2 is 1.57 bits per heavy atom. The zero-order valence-electron chi connectivity index (χ0n) is 12.8. The average Bonchev–Trinajstić information content (AvgIpc) is 2.56. The van der Waals surface area contributed by atoms with Crippen LogP contribution in [0, 0.1) is 13.8 Å². The first-order chi connectivity index (χ1) is 11.0. The van der Waals surface area contributed by atoms with Crippen LogP contribution in [0.25, 0.3) is 11.3 Å². The molecule has 0 saturated heterocycles. The molecule has 5 nitrogen and oxygen atoms in total. The molecule has 0 atom stereocenters. The summed E-state index contributed by atoms with van der Waals surface area (Å²) < 4.78 is 25.9. The predicted octanol–water partition coefficient (Wildman–Crippen LogP) is 2.99. The van der Waals surface area contributed by atoms with Gasteiger partial charge in [-0.2, -0.15) is 0 Å². The highest BCUT2D eigenvalue weighted by Crippen LogP contribution is 2.29. The number of sulfone groups is 1.